The molecule has 0 aliphatic carbocycles. The van der Waals surface area contributed by atoms with Gasteiger partial charge in [0, 0.05) is 17.1 Å². The van der Waals surface area contributed by atoms with Crippen LogP contribution in [0.3, 0.4) is 0 Å². The SMILES string of the molecule is CC(C)(C)OC(=O)N1CC(F)CC1CS(=O)(=O)Cl. The van der Waals surface area contributed by atoms with E-state index in [4.69, 9.17) is 15.4 Å². The van der Waals surface area contributed by atoms with E-state index in [1.165, 1.54) is 0 Å². The zero-order valence-corrected chi connectivity index (χ0v) is 12.1. The average molecular weight is 302 g/mol. The first-order valence-electron chi connectivity index (χ1n) is 5.54. The normalized spacial score (nSPS) is 25.3. The molecule has 1 fully saturated rings. The van der Waals surface area contributed by atoms with Crippen molar-refractivity contribution >= 4 is 25.8 Å². The number of hydrogen-bond donors (Lipinski definition) is 0. The van der Waals surface area contributed by atoms with Crippen LogP contribution in [0.25, 0.3) is 0 Å². The Morgan fingerprint density at radius 2 is 2.06 bits per heavy atom. The highest BCUT2D eigenvalue weighted by molar-refractivity contribution is 8.13. The third kappa shape index (κ3) is 4.97. The Morgan fingerprint density at radius 3 is 2.50 bits per heavy atom. The molecule has 1 aliphatic rings. The molecule has 8 heteroatoms. The van der Waals surface area contributed by atoms with Crippen molar-refractivity contribution < 1.29 is 22.3 Å². The van der Waals surface area contributed by atoms with Crippen LogP contribution in [0.1, 0.15) is 27.2 Å². The number of likely N-dealkylation sites (tertiary alicyclic amines) is 1. The van der Waals surface area contributed by atoms with Crippen LogP contribution in [-0.2, 0) is 13.8 Å². The minimum atomic E-state index is -3.78. The van der Waals surface area contributed by atoms with Gasteiger partial charge in [-0.3, -0.25) is 0 Å². The van der Waals surface area contributed by atoms with Crippen LogP contribution in [0.2, 0.25) is 0 Å². The fourth-order valence-electron chi connectivity index (χ4n) is 1.79. The van der Waals surface area contributed by atoms with Gasteiger partial charge in [0.15, 0.2) is 0 Å². The number of rotatable bonds is 2. The first-order chi connectivity index (χ1) is 7.98. The lowest BCUT2D eigenvalue weighted by Crippen LogP contribution is -2.42. The Morgan fingerprint density at radius 1 is 1.50 bits per heavy atom. The molecule has 0 saturated carbocycles. The molecule has 0 N–H and O–H groups in total. The molecule has 0 bridgehead atoms. The van der Waals surface area contributed by atoms with E-state index in [0.717, 1.165) is 4.90 Å². The Hall–Kier alpha value is -0.560. The van der Waals surface area contributed by atoms with Crippen LogP contribution in [0.5, 0.6) is 0 Å². The highest BCUT2D eigenvalue weighted by Gasteiger charge is 2.39. The predicted molar refractivity (Wildman–Crippen MR) is 65.9 cm³/mol. The summed E-state index contributed by atoms with van der Waals surface area (Å²) in [7, 11) is 1.35. The van der Waals surface area contributed by atoms with Gasteiger partial charge in [-0.25, -0.2) is 17.6 Å². The summed E-state index contributed by atoms with van der Waals surface area (Å²) in [6, 6.07) is -0.766. The number of halogens is 2. The molecule has 2 atom stereocenters. The summed E-state index contributed by atoms with van der Waals surface area (Å²) < 4.78 is 40.4. The summed E-state index contributed by atoms with van der Waals surface area (Å²) in [5.41, 5.74) is -0.712. The highest BCUT2D eigenvalue weighted by atomic mass is 35.7. The molecule has 106 valence electrons. The number of carbonyl (C=O) groups excluding carboxylic acids is 1. The van der Waals surface area contributed by atoms with Crippen LogP contribution in [0.15, 0.2) is 0 Å². The van der Waals surface area contributed by atoms with Crippen LogP contribution in [0.4, 0.5) is 9.18 Å². The van der Waals surface area contributed by atoms with E-state index in [9.17, 15) is 17.6 Å². The van der Waals surface area contributed by atoms with Crippen LogP contribution >= 0.6 is 10.7 Å². The second kappa shape index (κ2) is 5.21. The van der Waals surface area contributed by atoms with E-state index in [-0.39, 0.29) is 13.0 Å². The second-order valence-corrected chi connectivity index (χ2v) is 8.15. The molecule has 0 aromatic carbocycles. The quantitative estimate of drug-likeness (QED) is 0.731. The maximum absolute atomic E-state index is 13.3. The monoisotopic (exact) mass is 301 g/mol. The van der Waals surface area contributed by atoms with E-state index >= 15 is 0 Å². The number of carbonyl (C=O) groups is 1. The molecule has 1 aliphatic heterocycles. The maximum atomic E-state index is 13.3. The van der Waals surface area contributed by atoms with E-state index in [0.29, 0.717) is 0 Å². The molecule has 2 unspecified atom stereocenters. The summed E-state index contributed by atoms with van der Waals surface area (Å²) in [6.45, 7) is 4.88. The van der Waals surface area contributed by atoms with Gasteiger partial charge in [-0.2, -0.15) is 0 Å². The molecule has 18 heavy (non-hydrogen) atoms. The van der Waals surface area contributed by atoms with Crippen LogP contribution in [-0.4, -0.2) is 49.5 Å². The summed E-state index contributed by atoms with van der Waals surface area (Å²) in [5.74, 6) is -0.464. The van der Waals surface area contributed by atoms with Crippen molar-refractivity contribution in [2.45, 2.75) is 45.0 Å². The molecule has 1 amide bonds. The lowest BCUT2D eigenvalue weighted by Gasteiger charge is -2.27. The van der Waals surface area contributed by atoms with Crippen molar-refractivity contribution in [3.05, 3.63) is 0 Å². The first kappa shape index (κ1) is 15.5. The van der Waals surface area contributed by atoms with Crippen molar-refractivity contribution in [2.75, 3.05) is 12.3 Å². The number of amides is 1. The fourth-order valence-corrected chi connectivity index (χ4v) is 3.00. The molecule has 5 nitrogen and oxygen atoms in total. The van der Waals surface area contributed by atoms with Gasteiger partial charge in [0.2, 0.25) is 9.05 Å². The molecule has 0 spiro atoms. The number of hydrogen-bond acceptors (Lipinski definition) is 4. The molecule has 0 radical (unpaired) electrons. The standard InChI is InChI=1S/C10H17ClFNO4S/c1-10(2,3)17-9(14)13-5-7(12)4-8(13)6-18(11,15)16/h7-8H,4-6H2,1-3H3. The Labute approximate surface area is 111 Å². The van der Waals surface area contributed by atoms with Gasteiger partial charge < -0.3 is 9.64 Å². The minimum Gasteiger partial charge on any atom is -0.444 e. The molecule has 1 heterocycles. The van der Waals surface area contributed by atoms with E-state index < -0.39 is 38.7 Å². The van der Waals surface area contributed by atoms with Gasteiger partial charge in [0.25, 0.3) is 0 Å². The van der Waals surface area contributed by atoms with Crippen molar-refractivity contribution in [1.29, 1.82) is 0 Å². The summed E-state index contributed by atoms with van der Waals surface area (Å²) in [4.78, 5) is 12.9. The molecular formula is C10H17ClFNO4S. The summed E-state index contributed by atoms with van der Waals surface area (Å²) in [5, 5.41) is 0. The average Bonchev–Trinajstić information content (AvgIpc) is 2.40. The maximum Gasteiger partial charge on any atom is 0.410 e. The Balaban J connectivity index is 2.76. The largest absolute Gasteiger partial charge is 0.444 e. The van der Waals surface area contributed by atoms with Gasteiger partial charge in [-0.15, -0.1) is 0 Å². The first-order valence-corrected chi connectivity index (χ1v) is 8.02. The van der Waals surface area contributed by atoms with E-state index in [1.54, 1.807) is 20.8 Å². The molecule has 0 aromatic rings. The van der Waals surface area contributed by atoms with Gasteiger partial charge in [0.05, 0.1) is 18.3 Å². The Bertz CT molecular complexity index is 420. The topological polar surface area (TPSA) is 63.7 Å². The van der Waals surface area contributed by atoms with Crippen LogP contribution in [0, 0.1) is 0 Å². The molecule has 1 saturated heterocycles. The lowest BCUT2D eigenvalue weighted by atomic mass is 10.2. The number of alkyl halides is 1. The third-order valence-corrected chi connectivity index (χ3v) is 3.54. The predicted octanol–water partition coefficient (Wildman–Crippen LogP) is 1.90. The summed E-state index contributed by atoms with van der Waals surface area (Å²) >= 11 is 0. The minimum absolute atomic E-state index is 0.0365. The zero-order chi connectivity index (χ0) is 14.1. The van der Waals surface area contributed by atoms with Gasteiger partial charge in [-0.1, -0.05) is 0 Å². The van der Waals surface area contributed by atoms with Crippen molar-refractivity contribution in [2.24, 2.45) is 0 Å². The van der Waals surface area contributed by atoms with Gasteiger partial charge >= 0.3 is 6.09 Å². The van der Waals surface area contributed by atoms with Crippen LogP contribution < -0.4 is 0 Å². The third-order valence-electron chi connectivity index (χ3n) is 2.38. The zero-order valence-electron chi connectivity index (χ0n) is 10.5. The van der Waals surface area contributed by atoms with Gasteiger partial charge in [0.1, 0.15) is 11.8 Å². The van der Waals surface area contributed by atoms with Crippen molar-refractivity contribution in [3.63, 3.8) is 0 Å². The lowest BCUT2D eigenvalue weighted by molar-refractivity contribution is 0.0233. The number of ether oxygens (including phenoxy) is 1. The second-order valence-electron chi connectivity index (χ2n) is 5.33. The molecule has 1 rings (SSSR count). The Kier molecular flexibility index (Phi) is 4.48. The number of nitrogens with zero attached hydrogens (tertiary/aromatic N) is 1. The fraction of sp³-hybridized carbons (Fsp3) is 0.900. The van der Waals surface area contributed by atoms with E-state index in [1.807, 2.05) is 0 Å². The highest BCUT2D eigenvalue weighted by Crippen LogP contribution is 2.25. The van der Waals surface area contributed by atoms with Gasteiger partial charge in [-0.05, 0) is 20.8 Å². The smallest absolute Gasteiger partial charge is 0.410 e. The van der Waals surface area contributed by atoms with E-state index in [2.05, 4.69) is 0 Å². The molecule has 0 aromatic heterocycles. The molecular weight excluding hydrogens is 285 g/mol. The van der Waals surface area contributed by atoms with Crippen molar-refractivity contribution in [1.82, 2.24) is 4.90 Å². The van der Waals surface area contributed by atoms with Crippen molar-refractivity contribution in [3.8, 4) is 0 Å². The summed E-state index contributed by atoms with van der Waals surface area (Å²) in [6.07, 6.45) is -2.00.